The average molecular weight is 893 g/mol. The first-order chi connectivity index (χ1) is 31.1. The third kappa shape index (κ3) is 12.9. The molecule has 0 aliphatic carbocycles. The van der Waals surface area contributed by atoms with Gasteiger partial charge in [-0.3, -0.25) is 19.0 Å². The van der Waals surface area contributed by atoms with Crippen LogP contribution in [0.15, 0.2) is 146 Å². The van der Waals surface area contributed by atoms with E-state index in [1.54, 1.807) is 44.8 Å². The van der Waals surface area contributed by atoms with E-state index in [1.807, 2.05) is 104 Å². The van der Waals surface area contributed by atoms with Crippen LogP contribution in [0.5, 0.6) is 0 Å². The number of fused-ring (bicyclic) bond motifs is 1. The smallest absolute Gasteiger partial charge is 0.419 e. The molecule has 0 saturated heterocycles. The van der Waals surface area contributed by atoms with Crippen molar-refractivity contribution < 1.29 is 28.7 Å². The average Bonchev–Trinajstić information content (AvgIpc) is 3.65. The van der Waals surface area contributed by atoms with Crippen molar-refractivity contribution in [3.05, 3.63) is 179 Å². The van der Waals surface area contributed by atoms with Crippen molar-refractivity contribution >= 4 is 52.1 Å². The van der Waals surface area contributed by atoms with Crippen LogP contribution in [0.1, 0.15) is 80.8 Å². The minimum atomic E-state index is -0.832. The van der Waals surface area contributed by atoms with Crippen LogP contribution in [0, 0.1) is 6.92 Å². The summed E-state index contributed by atoms with van der Waals surface area (Å²) in [5, 5.41) is 10.4. The Bertz CT molecular complexity index is 2460. The molecule has 1 aromatic heterocycles. The molecule has 1 heterocycles. The van der Waals surface area contributed by atoms with Crippen LogP contribution in [0.2, 0.25) is 0 Å². The van der Waals surface area contributed by atoms with Crippen LogP contribution in [0.3, 0.4) is 0 Å². The quantitative estimate of drug-likeness (QED) is 0.0647. The summed E-state index contributed by atoms with van der Waals surface area (Å²) < 4.78 is 6.36. The molecule has 0 aliphatic rings. The lowest BCUT2D eigenvalue weighted by Crippen LogP contribution is -2.54. The molecule has 3 atom stereocenters. The second-order valence-electron chi connectivity index (χ2n) is 17.6. The fraction of sp³-hybridized carbons (Fsp3) is 0.315. The van der Waals surface area contributed by atoms with E-state index in [2.05, 4.69) is 52.3 Å². The SMILES string of the molecule is CC(=O)CC[C@@H](CN[C@@H](Cc1ccc(C)cc1)C(=O)N[C@@H](CSC(c1ccccc1)(c1ccccc1)c1ccccc1)C(C)=O)NC(=O)Cc1cn(C(=O)OC(C)(C)C)c2ccccc12. The van der Waals surface area contributed by atoms with Gasteiger partial charge in [0.25, 0.3) is 0 Å². The van der Waals surface area contributed by atoms with Crippen LogP contribution >= 0.6 is 11.8 Å². The minimum absolute atomic E-state index is 0.0296. The summed E-state index contributed by atoms with van der Waals surface area (Å²) in [6.07, 6.45) is 1.92. The number of Topliss-reactive ketones (excluding diaryl/α,β-unsaturated/α-hetero) is 2. The highest BCUT2D eigenvalue weighted by Crippen LogP contribution is 2.48. The molecule has 2 amide bonds. The number of nitrogens with one attached hydrogen (secondary N) is 3. The van der Waals surface area contributed by atoms with E-state index >= 15 is 0 Å². The molecule has 10 nitrogen and oxygen atoms in total. The van der Waals surface area contributed by atoms with E-state index in [1.165, 1.54) is 18.4 Å². The van der Waals surface area contributed by atoms with E-state index in [-0.39, 0.29) is 48.5 Å². The van der Waals surface area contributed by atoms with Gasteiger partial charge in [0.2, 0.25) is 11.8 Å². The second-order valence-corrected chi connectivity index (χ2v) is 18.9. The molecule has 0 saturated carbocycles. The Kier molecular flexibility index (Phi) is 16.3. The highest BCUT2D eigenvalue weighted by atomic mass is 32.2. The molecule has 6 rings (SSSR count). The van der Waals surface area contributed by atoms with Gasteiger partial charge in [0, 0.05) is 36.3 Å². The monoisotopic (exact) mass is 892 g/mol. The second kappa shape index (κ2) is 22.1. The van der Waals surface area contributed by atoms with Crippen molar-refractivity contribution in [1.82, 2.24) is 20.5 Å². The molecule has 0 spiro atoms. The number of nitrogens with zero attached hydrogens (tertiary/aromatic N) is 1. The van der Waals surface area contributed by atoms with Crippen molar-refractivity contribution in [1.29, 1.82) is 0 Å². The van der Waals surface area contributed by atoms with Gasteiger partial charge in [-0.05, 0) is 88.3 Å². The van der Waals surface area contributed by atoms with Gasteiger partial charge in [0.05, 0.1) is 28.8 Å². The number of rotatable bonds is 20. The Balaban J connectivity index is 1.23. The molecule has 0 fully saturated rings. The Morgan fingerprint density at radius 3 is 1.78 bits per heavy atom. The summed E-state index contributed by atoms with van der Waals surface area (Å²) in [5.74, 6) is -0.596. The number of carbonyl (C=O) groups is 5. The number of hydrogen-bond acceptors (Lipinski definition) is 8. The van der Waals surface area contributed by atoms with Crippen molar-refractivity contribution in [2.45, 2.75) is 95.7 Å². The Hall–Kier alpha value is -6.30. The normalized spacial score (nSPS) is 13.1. The number of ether oxygens (including phenoxy) is 1. The summed E-state index contributed by atoms with van der Waals surface area (Å²) in [6, 6.07) is 43.7. The van der Waals surface area contributed by atoms with Crippen LogP contribution in [0.4, 0.5) is 4.79 Å². The van der Waals surface area contributed by atoms with E-state index in [9.17, 15) is 24.0 Å². The number of benzene rings is 5. The fourth-order valence-corrected chi connectivity index (χ4v) is 9.56. The maximum Gasteiger partial charge on any atom is 0.419 e. The van der Waals surface area contributed by atoms with Gasteiger partial charge >= 0.3 is 6.09 Å². The molecule has 3 N–H and O–H groups in total. The number of thioether (sulfide) groups is 1. The first kappa shape index (κ1) is 48.2. The number of ketones is 2. The van der Waals surface area contributed by atoms with Gasteiger partial charge in [-0.1, -0.05) is 139 Å². The molecule has 338 valence electrons. The molecular formula is C54H60N4O6S. The molecule has 6 aromatic rings. The first-order valence-electron chi connectivity index (χ1n) is 22.1. The number of para-hydroxylation sites is 1. The minimum Gasteiger partial charge on any atom is -0.443 e. The number of aromatic nitrogens is 1. The van der Waals surface area contributed by atoms with Crippen molar-refractivity contribution in [3.63, 3.8) is 0 Å². The lowest BCUT2D eigenvalue weighted by atomic mass is 9.84. The van der Waals surface area contributed by atoms with Crippen molar-refractivity contribution in [2.75, 3.05) is 12.3 Å². The zero-order valence-electron chi connectivity index (χ0n) is 38.1. The summed E-state index contributed by atoms with van der Waals surface area (Å²) in [4.78, 5) is 67.4. The Morgan fingerprint density at radius 1 is 0.692 bits per heavy atom. The zero-order chi connectivity index (χ0) is 46.6. The third-order valence-electron chi connectivity index (χ3n) is 11.2. The third-order valence-corrected chi connectivity index (χ3v) is 12.9. The van der Waals surface area contributed by atoms with E-state index < -0.39 is 34.6 Å². The van der Waals surface area contributed by atoms with Gasteiger partial charge in [-0.25, -0.2) is 4.79 Å². The highest BCUT2D eigenvalue weighted by Gasteiger charge is 2.38. The lowest BCUT2D eigenvalue weighted by molar-refractivity contribution is -0.127. The molecule has 5 aromatic carbocycles. The molecule has 11 heteroatoms. The van der Waals surface area contributed by atoms with Crippen LogP contribution in [-0.2, 0) is 41.5 Å². The lowest BCUT2D eigenvalue weighted by Gasteiger charge is -2.36. The summed E-state index contributed by atoms with van der Waals surface area (Å²) in [5.41, 5.74) is 5.68. The van der Waals surface area contributed by atoms with Gasteiger partial charge in [-0.2, -0.15) is 0 Å². The number of hydrogen-bond donors (Lipinski definition) is 3. The largest absolute Gasteiger partial charge is 0.443 e. The van der Waals surface area contributed by atoms with Gasteiger partial charge in [0.1, 0.15) is 11.4 Å². The maximum atomic E-state index is 14.6. The van der Waals surface area contributed by atoms with Gasteiger partial charge < -0.3 is 25.5 Å². The zero-order valence-corrected chi connectivity index (χ0v) is 39.0. The van der Waals surface area contributed by atoms with Gasteiger partial charge in [0.15, 0.2) is 5.78 Å². The molecule has 0 radical (unpaired) electrons. The maximum absolute atomic E-state index is 14.6. The number of amides is 2. The van der Waals surface area contributed by atoms with Crippen LogP contribution in [-0.4, -0.2) is 70.1 Å². The Labute approximate surface area is 386 Å². The summed E-state index contributed by atoms with van der Waals surface area (Å²) in [7, 11) is 0. The van der Waals surface area contributed by atoms with E-state index in [0.29, 0.717) is 23.9 Å². The standard InChI is InChI=1S/C54H60N4O6S/c1-37-26-29-40(30-27-37)32-47(55-34-45(31-28-38(2)59)56-50(61)33-41-35-58(52(63)64-53(4,5)6)49-25-17-16-24-46(41)49)51(62)57-48(39(3)60)36-65-54(42-18-10-7-11-19-42,43-20-12-8-13-21-43)44-22-14-9-15-23-44/h7-27,29-30,35,45,47-48,55H,28,31-34,36H2,1-6H3,(H,56,61)(H,57,62)/t45-,47-,48-/m0/s1. The molecule has 0 bridgehead atoms. The molecule has 65 heavy (non-hydrogen) atoms. The molecule has 0 unspecified atom stereocenters. The van der Waals surface area contributed by atoms with Crippen LogP contribution in [0.25, 0.3) is 10.9 Å². The fourth-order valence-electron chi connectivity index (χ4n) is 7.92. The topological polar surface area (TPSA) is 136 Å². The molecule has 0 aliphatic heterocycles. The highest BCUT2D eigenvalue weighted by molar-refractivity contribution is 8.00. The van der Waals surface area contributed by atoms with Gasteiger partial charge in [-0.15, -0.1) is 11.8 Å². The number of aryl methyl sites for hydroxylation is 1. The summed E-state index contributed by atoms with van der Waals surface area (Å²) in [6.45, 7) is 10.6. The first-order valence-corrected chi connectivity index (χ1v) is 23.1. The van der Waals surface area contributed by atoms with Crippen molar-refractivity contribution in [3.8, 4) is 0 Å². The summed E-state index contributed by atoms with van der Waals surface area (Å²) >= 11 is 1.60. The molecular weight excluding hydrogens is 833 g/mol. The van der Waals surface area contributed by atoms with E-state index in [0.717, 1.165) is 33.2 Å². The van der Waals surface area contributed by atoms with Crippen molar-refractivity contribution in [2.24, 2.45) is 0 Å². The predicted molar refractivity (Wildman–Crippen MR) is 260 cm³/mol. The predicted octanol–water partition coefficient (Wildman–Crippen LogP) is 9.13. The van der Waals surface area contributed by atoms with E-state index in [4.69, 9.17) is 4.74 Å². The van der Waals surface area contributed by atoms with Crippen LogP contribution < -0.4 is 16.0 Å². The number of carbonyl (C=O) groups excluding carboxylic acids is 5. The Morgan fingerprint density at radius 2 is 1.25 bits per heavy atom.